The van der Waals surface area contributed by atoms with Crippen LogP contribution in [0.4, 0.5) is 13.2 Å². The SMILES string of the molecule is COCC(N)C(=O)NC1CCCN(CC(F)(F)F)C1=O.Cl. The van der Waals surface area contributed by atoms with Crippen molar-refractivity contribution in [2.24, 2.45) is 5.73 Å². The number of likely N-dealkylation sites (tertiary alicyclic amines) is 1. The molecule has 0 bridgehead atoms. The van der Waals surface area contributed by atoms with Gasteiger partial charge in [0.15, 0.2) is 0 Å². The van der Waals surface area contributed by atoms with Crippen molar-refractivity contribution in [1.82, 2.24) is 10.2 Å². The minimum absolute atomic E-state index is 0. The number of hydrogen-bond donors (Lipinski definition) is 2. The van der Waals surface area contributed by atoms with Crippen LogP contribution in [0.2, 0.25) is 0 Å². The van der Waals surface area contributed by atoms with Crippen LogP contribution in [0, 0.1) is 0 Å². The average Bonchev–Trinajstić information content (AvgIpc) is 2.32. The molecule has 1 rings (SSSR count). The predicted molar refractivity (Wildman–Crippen MR) is 70.9 cm³/mol. The first kappa shape index (κ1) is 19.9. The van der Waals surface area contributed by atoms with Gasteiger partial charge in [-0.15, -0.1) is 12.4 Å². The lowest BCUT2D eigenvalue weighted by Crippen LogP contribution is -2.57. The topological polar surface area (TPSA) is 84.7 Å². The number of amides is 2. The predicted octanol–water partition coefficient (Wildman–Crippen LogP) is 0.0514. The molecule has 1 fully saturated rings. The molecular formula is C11H19ClF3N3O3. The standard InChI is InChI=1S/C11H18F3N3O3.ClH/c1-20-5-7(15)9(18)16-8-3-2-4-17(10(8)19)6-11(12,13)14;/h7-8H,2-6,15H2,1H3,(H,16,18);1H. The van der Waals surface area contributed by atoms with Crippen LogP contribution >= 0.6 is 12.4 Å². The van der Waals surface area contributed by atoms with Crippen LogP contribution in [0.3, 0.4) is 0 Å². The summed E-state index contributed by atoms with van der Waals surface area (Å²) in [4.78, 5) is 24.2. The molecular weight excluding hydrogens is 315 g/mol. The van der Waals surface area contributed by atoms with Gasteiger partial charge < -0.3 is 20.7 Å². The third-order valence-electron chi connectivity index (χ3n) is 2.90. The fraction of sp³-hybridized carbons (Fsp3) is 0.818. The molecule has 2 amide bonds. The van der Waals surface area contributed by atoms with E-state index in [2.05, 4.69) is 5.32 Å². The van der Waals surface area contributed by atoms with Gasteiger partial charge in [-0.2, -0.15) is 13.2 Å². The Balaban J connectivity index is 0.00000400. The molecule has 0 aromatic rings. The molecule has 10 heteroatoms. The van der Waals surface area contributed by atoms with E-state index >= 15 is 0 Å². The second-order valence-electron chi connectivity index (χ2n) is 4.64. The maximum Gasteiger partial charge on any atom is 0.406 e. The number of rotatable bonds is 5. The van der Waals surface area contributed by atoms with Crippen molar-refractivity contribution in [3.8, 4) is 0 Å². The molecule has 21 heavy (non-hydrogen) atoms. The molecule has 0 aromatic carbocycles. The molecule has 1 aliphatic rings. The summed E-state index contributed by atoms with van der Waals surface area (Å²) in [6.07, 6.45) is -3.75. The van der Waals surface area contributed by atoms with Crippen molar-refractivity contribution in [3.05, 3.63) is 0 Å². The number of alkyl halides is 3. The minimum atomic E-state index is -4.45. The molecule has 0 aliphatic carbocycles. The first-order valence-electron chi connectivity index (χ1n) is 6.15. The van der Waals surface area contributed by atoms with Crippen molar-refractivity contribution in [2.45, 2.75) is 31.1 Å². The van der Waals surface area contributed by atoms with E-state index in [1.165, 1.54) is 7.11 Å². The number of ether oxygens (including phenoxy) is 1. The van der Waals surface area contributed by atoms with E-state index < -0.39 is 36.6 Å². The van der Waals surface area contributed by atoms with Crippen LogP contribution < -0.4 is 11.1 Å². The first-order valence-corrected chi connectivity index (χ1v) is 6.15. The number of methoxy groups -OCH3 is 1. The third-order valence-corrected chi connectivity index (χ3v) is 2.90. The summed E-state index contributed by atoms with van der Waals surface area (Å²) in [5.74, 6) is -1.34. The fourth-order valence-corrected chi connectivity index (χ4v) is 1.98. The van der Waals surface area contributed by atoms with E-state index in [0.717, 1.165) is 0 Å². The Morgan fingerprint density at radius 3 is 2.71 bits per heavy atom. The Labute approximate surface area is 126 Å². The van der Waals surface area contributed by atoms with Gasteiger partial charge in [0.25, 0.3) is 0 Å². The van der Waals surface area contributed by atoms with Gasteiger partial charge in [0.05, 0.1) is 6.61 Å². The molecule has 0 aromatic heterocycles. The number of halogens is 4. The molecule has 1 saturated heterocycles. The summed E-state index contributed by atoms with van der Waals surface area (Å²) in [5, 5.41) is 2.37. The van der Waals surface area contributed by atoms with Crippen molar-refractivity contribution in [1.29, 1.82) is 0 Å². The minimum Gasteiger partial charge on any atom is -0.383 e. The first-order chi connectivity index (χ1) is 9.24. The number of hydrogen-bond acceptors (Lipinski definition) is 4. The van der Waals surface area contributed by atoms with E-state index in [1.54, 1.807) is 0 Å². The summed E-state index contributed by atoms with van der Waals surface area (Å²) < 4.78 is 41.6. The molecule has 0 spiro atoms. The Bertz CT molecular complexity index is 368. The summed E-state index contributed by atoms with van der Waals surface area (Å²) in [7, 11) is 1.37. The number of piperidine rings is 1. The summed E-state index contributed by atoms with van der Waals surface area (Å²) >= 11 is 0. The van der Waals surface area contributed by atoms with Crippen molar-refractivity contribution >= 4 is 24.2 Å². The molecule has 0 saturated carbocycles. The molecule has 1 aliphatic heterocycles. The Kier molecular flexibility index (Phi) is 7.98. The monoisotopic (exact) mass is 333 g/mol. The number of nitrogens with zero attached hydrogens (tertiary/aromatic N) is 1. The zero-order valence-corrected chi connectivity index (χ0v) is 12.3. The Morgan fingerprint density at radius 2 is 2.19 bits per heavy atom. The van der Waals surface area contributed by atoms with Gasteiger partial charge in [-0.05, 0) is 12.8 Å². The average molecular weight is 334 g/mol. The zero-order valence-electron chi connectivity index (χ0n) is 11.5. The van der Waals surface area contributed by atoms with Gasteiger partial charge in [-0.25, -0.2) is 0 Å². The van der Waals surface area contributed by atoms with Crippen LogP contribution in [0.5, 0.6) is 0 Å². The smallest absolute Gasteiger partial charge is 0.383 e. The highest BCUT2D eigenvalue weighted by Crippen LogP contribution is 2.20. The molecule has 2 unspecified atom stereocenters. The zero-order chi connectivity index (χ0) is 15.3. The maximum atomic E-state index is 12.3. The Morgan fingerprint density at radius 1 is 1.57 bits per heavy atom. The van der Waals surface area contributed by atoms with Crippen LogP contribution in [0.1, 0.15) is 12.8 Å². The van der Waals surface area contributed by atoms with E-state index in [-0.39, 0.29) is 25.6 Å². The van der Waals surface area contributed by atoms with Crippen LogP contribution in [-0.4, -0.2) is 61.8 Å². The number of carbonyl (C=O) groups is 2. The highest BCUT2D eigenvalue weighted by atomic mass is 35.5. The fourth-order valence-electron chi connectivity index (χ4n) is 1.98. The third kappa shape index (κ3) is 6.49. The van der Waals surface area contributed by atoms with Crippen molar-refractivity contribution in [3.63, 3.8) is 0 Å². The van der Waals surface area contributed by atoms with Crippen LogP contribution in [-0.2, 0) is 14.3 Å². The van der Waals surface area contributed by atoms with Gasteiger partial charge in [0.2, 0.25) is 11.8 Å². The molecule has 3 N–H and O–H groups in total. The van der Waals surface area contributed by atoms with E-state index in [0.29, 0.717) is 17.7 Å². The lowest BCUT2D eigenvalue weighted by Gasteiger charge is -2.33. The van der Waals surface area contributed by atoms with Crippen LogP contribution in [0.15, 0.2) is 0 Å². The second kappa shape index (κ2) is 8.40. The lowest BCUT2D eigenvalue weighted by molar-refractivity contribution is -0.165. The number of carbonyl (C=O) groups excluding carboxylic acids is 2. The normalized spacial score (nSPS) is 20.7. The van der Waals surface area contributed by atoms with E-state index in [9.17, 15) is 22.8 Å². The molecule has 6 nitrogen and oxygen atoms in total. The van der Waals surface area contributed by atoms with Crippen molar-refractivity contribution in [2.75, 3.05) is 26.8 Å². The molecule has 0 radical (unpaired) electrons. The summed E-state index contributed by atoms with van der Waals surface area (Å²) in [6.45, 7) is -1.30. The van der Waals surface area contributed by atoms with E-state index in [4.69, 9.17) is 10.5 Å². The number of nitrogens with two attached hydrogens (primary N) is 1. The number of nitrogens with one attached hydrogen (secondary N) is 1. The molecule has 2 atom stereocenters. The largest absolute Gasteiger partial charge is 0.406 e. The highest BCUT2D eigenvalue weighted by Gasteiger charge is 2.38. The van der Waals surface area contributed by atoms with Gasteiger partial charge >= 0.3 is 6.18 Å². The van der Waals surface area contributed by atoms with E-state index in [1.807, 2.05) is 0 Å². The van der Waals surface area contributed by atoms with Gasteiger partial charge in [-0.1, -0.05) is 0 Å². The van der Waals surface area contributed by atoms with Crippen LogP contribution in [0.25, 0.3) is 0 Å². The van der Waals surface area contributed by atoms with Crippen molar-refractivity contribution < 1.29 is 27.5 Å². The maximum absolute atomic E-state index is 12.3. The van der Waals surface area contributed by atoms with Gasteiger partial charge in [0.1, 0.15) is 18.6 Å². The quantitative estimate of drug-likeness (QED) is 0.744. The highest BCUT2D eigenvalue weighted by molar-refractivity contribution is 5.90. The molecule has 124 valence electrons. The second-order valence-corrected chi connectivity index (χ2v) is 4.64. The Hall–Kier alpha value is -1.06. The summed E-state index contributed by atoms with van der Waals surface area (Å²) in [6, 6.07) is -1.91. The molecule has 1 heterocycles. The lowest BCUT2D eigenvalue weighted by atomic mass is 10.0. The summed E-state index contributed by atoms with van der Waals surface area (Å²) in [5.41, 5.74) is 5.48. The van der Waals surface area contributed by atoms with Gasteiger partial charge in [0, 0.05) is 13.7 Å². The van der Waals surface area contributed by atoms with Gasteiger partial charge in [-0.3, -0.25) is 9.59 Å².